The summed E-state index contributed by atoms with van der Waals surface area (Å²) in [6.45, 7) is 3.86. The highest BCUT2D eigenvalue weighted by atomic mass is 16.4. The summed E-state index contributed by atoms with van der Waals surface area (Å²) in [5.74, 6) is -1.48. The number of carbonyl (C=O) groups is 2. The summed E-state index contributed by atoms with van der Waals surface area (Å²) in [7, 11) is 0. The molecule has 0 saturated heterocycles. The molecule has 4 aromatic rings. The Morgan fingerprint density at radius 3 is 2.30 bits per heavy atom. The van der Waals surface area contributed by atoms with Crippen molar-refractivity contribution in [3.05, 3.63) is 126 Å². The molecular weight excluding hydrogens is 410 g/mol. The Hall–Kier alpha value is -4.18. The fraction of sp³-hybridized carbons (Fsp3) is 0.103. The van der Waals surface area contributed by atoms with E-state index in [1.54, 1.807) is 24.3 Å². The van der Waals surface area contributed by atoms with E-state index in [1.807, 2.05) is 72.8 Å². The van der Waals surface area contributed by atoms with E-state index in [9.17, 15) is 14.7 Å². The normalized spacial score (nSPS) is 11.6. The van der Waals surface area contributed by atoms with Crippen molar-refractivity contribution in [1.29, 1.82) is 0 Å². The van der Waals surface area contributed by atoms with Gasteiger partial charge >= 0.3 is 5.97 Å². The molecule has 4 aromatic carbocycles. The third-order valence-electron chi connectivity index (χ3n) is 5.82. The SMILES string of the molecule is C=CCC(C(=O)Nc1ccccc1Cc1ccccc1C(=O)O)c1cccc2ccccc12. The van der Waals surface area contributed by atoms with Crippen LogP contribution in [0.15, 0.2) is 104 Å². The predicted octanol–water partition coefficient (Wildman–Crippen LogP) is 6.43. The highest BCUT2D eigenvalue weighted by Crippen LogP contribution is 2.30. The number of para-hydroxylation sites is 1. The average Bonchev–Trinajstić information content (AvgIpc) is 2.83. The van der Waals surface area contributed by atoms with Crippen LogP contribution >= 0.6 is 0 Å². The molecule has 1 unspecified atom stereocenters. The van der Waals surface area contributed by atoms with Gasteiger partial charge in [-0.1, -0.05) is 84.9 Å². The number of aromatic carboxylic acids is 1. The fourth-order valence-electron chi connectivity index (χ4n) is 4.20. The quantitative estimate of drug-likeness (QED) is 0.314. The number of carbonyl (C=O) groups excluding carboxylic acids is 1. The molecule has 0 saturated carbocycles. The molecule has 0 spiro atoms. The molecule has 1 atom stereocenters. The largest absolute Gasteiger partial charge is 0.478 e. The van der Waals surface area contributed by atoms with E-state index in [-0.39, 0.29) is 11.5 Å². The number of hydrogen-bond acceptors (Lipinski definition) is 2. The molecule has 0 aliphatic heterocycles. The third-order valence-corrected chi connectivity index (χ3v) is 5.82. The Morgan fingerprint density at radius 1 is 0.848 bits per heavy atom. The minimum absolute atomic E-state index is 0.120. The molecule has 1 amide bonds. The van der Waals surface area contributed by atoms with Crippen molar-refractivity contribution in [2.75, 3.05) is 5.32 Å². The Labute approximate surface area is 193 Å². The zero-order valence-electron chi connectivity index (χ0n) is 18.2. The third kappa shape index (κ3) is 4.85. The number of carboxylic acids is 1. The van der Waals surface area contributed by atoms with Gasteiger partial charge < -0.3 is 10.4 Å². The molecule has 33 heavy (non-hydrogen) atoms. The second kappa shape index (κ2) is 9.96. The van der Waals surface area contributed by atoms with Gasteiger partial charge in [0.25, 0.3) is 0 Å². The molecule has 0 aliphatic carbocycles. The summed E-state index contributed by atoms with van der Waals surface area (Å²) in [6, 6.07) is 28.5. The van der Waals surface area contributed by atoms with Crippen molar-refractivity contribution in [2.45, 2.75) is 18.8 Å². The van der Waals surface area contributed by atoms with Gasteiger partial charge in [0.1, 0.15) is 0 Å². The lowest BCUT2D eigenvalue weighted by Gasteiger charge is -2.19. The highest BCUT2D eigenvalue weighted by molar-refractivity contribution is 6.00. The van der Waals surface area contributed by atoms with E-state index >= 15 is 0 Å². The molecule has 0 heterocycles. The van der Waals surface area contributed by atoms with E-state index < -0.39 is 11.9 Å². The lowest BCUT2D eigenvalue weighted by molar-refractivity contribution is -0.117. The van der Waals surface area contributed by atoms with Crippen molar-refractivity contribution in [3.8, 4) is 0 Å². The molecule has 0 aromatic heterocycles. The highest BCUT2D eigenvalue weighted by Gasteiger charge is 2.22. The lowest BCUT2D eigenvalue weighted by Crippen LogP contribution is -2.22. The van der Waals surface area contributed by atoms with Crippen LogP contribution < -0.4 is 5.32 Å². The number of rotatable bonds is 8. The van der Waals surface area contributed by atoms with Gasteiger partial charge in [-0.2, -0.15) is 0 Å². The molecule has 4 nitrogen and oxygen atoms in total. The number of nitrogens with one attached hydrogen (secondary N) is 1. The summed E-state index contributed by atoms with van der Waals surface area (Å²) in [5, 5.41) is 14.7. The Morgan fingerprint density at radius 2 is 1.52 bits per heavy atom. The summed E-state index contributed by atoms with van der Waals surface area (Å²) >= 11 is 0. The van der Waals surface area contributed by atoms with Crippen LogP contribution in [0.4, 0.5) is 5.69 Å². The Kier molecular flexibility index (Phi) is 6.65. The van der Waals surface area contributed by atoms with Crippen LogP contribution in [0.3, 0.4) is 0 Å². The number of allylic oxidation sites excluding steroid dienone is 1. The van der Waals surface area contributed by atoms with Crippen LogP contribution in [0.2, 0.25) is 0 Å². The van der Waals surface area contributed by atoms with Gasteiger partial charge in [0.2, 0.25) is 5.91 Å². The number of anilines is 1. The zero-order chi connectivity index (χ0) is 23.2. The topological polar surface area (TPSA) is 66.4 Å². The zero-order valence-corrected chi connectivity index (χ0v) is 18.2. The Balaban J connectivity index is 1.65. The molecule has 4 heteroatoms. The van der Waals surface area contributed by atoms with Crippen molar-refractivity contribution in [2.24, 2.45) is 0 Å². The predicted molar refractivity (Wildman–Crippen MR) is 133 cm³/mol. The van der Waals surface area contributed by atoms with Crippen LogP contribution in [0, 0.1) is 0 Å². The molecule has 0 radical (unpaired) electrons. The van der Waals surface area contributed by atoms with Crippen LogP contribution in [0.1, 0.15) is 39.4 Å². The van der Waals surface area contributed by atoms with Gasteiger partial charge in [0.15, 0.2) is 0 Å². The van der Waals surface area contributed by atoms with Gasteiger partial charge in [0.05, 0.1) is 11.5 Å². The standard InChI is InChI=1S/C29H25NO3/c1-2-10-26(25-17-9-14-20-11-3-6-15-23(20)25)28(31)30-27-18-8-5-13-22(27)19-21-12-4-7-16-24(21)29(32)33/h2-9,11-18,26H,1,10,19H2,(H,30,31)(H,32,33). The van der Waals surface area contributed by atoms with Gasteiger partial charge in [0, 0.05) is 12.1 Å². The maximum Gasteiger partial charge on any atom is 0.335 e. The second-order valence-electron chi connectivity index (χ2n) is 7.93. The van der Waals surface area contributed by atoms with Crippen molar-refractivity contribution in [3.63, 3.8) is 0 Å². The van der Waals surface area contributed by atoms with E-state index in [0.717, 1.165) is 21.9 Å². The minimum Gasteiger partial charge on any atom is -0.478 e. The monoisotopic (exact) mass is 435 g/mol. The second-order valence-corrected chi connectivity index (χ2v) is 7.93. The molecule has 0 fully saturated rings. The van der Waals surface area contributed by atoms with Crippen LogP contribution in [-0.2, 0) is 11.2 Å². The van der Waals surface area contributed by atoms with Crippen molar-refractivity contribution >= 4 is 28.3 Å². The molecule has 2 N–H and O–H groups in total. The lowest BCUT2D eigenvalue weighted by atomic mass is 9.90. The number of benzene rings is 4. The summed E-state index contributed by atoms with van der Waals surface area (Å²) in [6.07, 6.45) is 2.67. The first-order valence-corrected chi connectivity index (χ1v) is 10.9. The molecular formula is C29H25NO3. The van der Waals surface area contributed by atoms with Crippen LogP contribution in [0.5, 0.6) is 0 Å². The first-order valence-electron chi connectivity index (χ1n) is 10.9. The van der Waals surface area contributed by atoms with Gasteiger partial charge in [-0.15, -0.1) is 6.58 Å². The smallest absolute Gasteiger partial charge is 0.335 e. The van der Waals surface area contributed by atoms with E-state index in [1.165, 1.54) is 0 Å². The van der Waals surface area contributed by atoms with E-state index in [2.05, 4.69) is 11.9 Å². The molecule has 4 rings (SSSR count). The number of fused-ring (bicyclic) bond motifs is 1. The van der Waals surface area contributed by atoms with Gasteiger partial charge in [-0.05, 0) is 46.0 Å². The first kappa shape index (κ1) is 22.0. The molecule has 164 valence electrons. The van der Waals surface area contributed by atoms with Crippen molar-refractivity contribution < 1.29 is 14.7 Å². The summed E-state index contributed by atoms with van der Waals surface area (Å²) < 4.78 is 0. The minimum atomic E-state index is -0.964. The number of amides is 1. The van der Waals surface area contributed by atoms with E-state index in [0.29, 0.717) is 24.1 Å². The number of carboxylic acid groups (broad SMARTS) is 1. The summed E-state index contributed by atoms with van der Waals surface area (Å²) in [5.41, 5.74) is 3.45. The fourth-order valence-corrected chi connectivity index (χ4v) is 4.20. The maximum atomic E-state index is 13.5. The molecule has 0 aliphatic rings. The summed E-state index contributed by atoms with van der Waals surface area (Å²) in [4.78, 5) is 25.1. The van der Waals surface area contributed by atoms with E-state index in [4.69, 9.17) is 0 Å². The maximum absolute atomic E-state index is 13.5. The Bertz CT molecular complexity index is 1320. The molecule has 0 bridgehead atoms. The van der Waals surface area contributed by atoms with Gasteiger partial charge in [-0.3, -0.25) is 4.79 Å². The van der Waals surface area contributed by atoms with Crippen LogP contribution in [0.25, 0.3) is 10.8 Å². The van der Waals surface area contributed by atoms with Crippen molar-refractivity contribution in [1.82, 2.24) is 0 Å². The first-order chi connectivity index (χ1) is 16.1. The number of hydrogen-bond donors (Lipinski definition) is 2. The average molecular weight is 436 g/mol. The van der Waals surface area contributed by atoms with Crippen LogP contribution in [-0.4, -0.2) is 17.0 Å². The van der Waals surface area contributed by atoms with Gasteiger partial charge in [-0.25, -0.2) is 4.79 Å².